The van der Waals surface area contributed by atoms with E-state index in [0.29, 0.717) is 5.19 Å². The maximum atomic E-state index is 11.8. The Labute approximate surface area is 95.5 Å². The zero-order chi connectivity index (χ0) is 12.3. The highest BCUT2D eigenvalue weighted by Gasteiger charge is 2.50. The van der Waals surface area contributed by atoms with Gasteiger partial charge in [0.1, 0.15) is 16.2 Å². The van der Waals surface area contributed by atoms with E-state index in [4.69, 9.17) is 0 Å². The third kappa shape index (κ3) is 1.76. The molecule has 0 saturated carbocycles. The fourth-order valence-electron chi connectivity index (χ4n) is 2.04. The summed E-state index contributed by atoms with van der Waals surface area (Å²) in [5.41, 5.74) is 0. The third-order valence-corrected chi connectivity index (χ3v) is 7.16. The van der Waals surface area contributed by atoms with Crippen molar-refractivity contribution in [1.29, 1.82) is 0 Å². The van der Waals surface area contributed by atoms with Crippen LogP contribution in [0.1, 0.15) is 20.8 Å². The zero-order valence-corrected chi connectivity index (χ0v) is 10.6. The molecule has 0 aliphatic heterocycles. The first-order valence-electron chi connectivity index (χ1n) is 5.02. The van der Waals surface area contributed by atoms with Gasteiger partial charge in [0.25, 0.3) is 0 Å². The second-order valence-corrected chi connectivity index (χ2v) is 7.97. The van der Waals surface area contributed by atoms with Gasteiger partial charge in [0, 0.05) is 0 Å². The van der Waals surface area contributed by atoms with Gasteiger partial charge in [0.05, 0.1) is 0 Å². The molecule has 0 radical (unpaired) electrons. The molecule has 1 rings (SSSR count). The van der Waals surface area contributed by atoms with E-state index in [1.165, 1.54) is 20.8 Å². The molecule has 0 amide bonds. The highest BCUT2D eigenvalue weighted by molar-refractivity contribution is 7.46. The molecule has 3 nitrogen and oxygen atoms in total. The molecule has 1 aromatic carbocycles. The molecule has 0 aromatic heterocycles. The van der Waals surface area contributed by atoms with Crippen LogP contribution in [0.5, 0.6) is 0 Å². The lowest BCUT2D eigenvalue weighted by atomic mass is 10.4. The zero-order valence-electron chi connectivity index (χ0n) is 9.61. The van der Waals surface area contributed by atoms with E-state index < -0.39 is 8.07 Å². The van der Waals surface area contributed by atoms with Crippen LogP contribution in [-0.2, 0) is 14.4 Å². The van der Waals surface area contributed by atoms with Crippen molar-refractivity contribution in [1.82, 2.24) is 0 Å². The van der Waals surface area contributed by atoms with Gasteiger partial charge in [-0.1, -0.05) is 30.3 Å². The Bertz CT molecular complexity index is 401. The molecular weight excluding hydrogens is 220 g/mol. The quantitative estimate of drug-likeness (QED) is 0.722. The second kappa shape index (κ2) is 4.53. The summed E-state index contributed by atoms with van der Waals surface area (Å²) in [5.74, 6) is 0. The molecule has 0 aliphatic rings. The minimum atomic E-state index is -3.32. The van der Waals surface area contributed by atoms with Crippen molar-refractivity contribution in [2.45, 2.75) is 20.8 Å². The first-order chi connectivity index (χ1) is 7.44. The summed E-state index contributed by atoms with van der Waals surface area (Å²) in [4.78, 5) is 35.3. The van der Waals surface area contributed by atoms with Crippen molar-refractivity contribution in [2.75, 3.05) is 0 Å². The van der Waals surface area contributed by atoms with Crippen LogP contribution in [0.15, 0.2) is 30.3 Å². The van der Waals surface area contributed by atoms with Crippen LogP contribution in [0.3, 0.4) is 0 Å². The van der Waals surface area contributed by atoms with E-state index >= 15 is 0 Å². The van der Waals surface area contributed by atoms with Gasteiger partial charge in [-0.2, -0.15) is 0 Å². The summed E-state index contributed by atoms with van der Waals surface area (Å²) in [6, 6.07) is 8.66. The summed E-state index contributed by atoms with van der Waals surface area (Å²) >= 11 is 0. The predicted molar refractivity (Wildman–Crippen MR) is 63.9 cm³/mol. The molecule has 0 spiro atoms. The predicted octanol–water partition coefficient (Wildman–Crippen LogP) is 0.727. The van der Waals surface area contributed by atoms with Crippen molar-refractivity contribution in [3.63, 3.8) is 0 Å². The molecule has 84 valence electrons. The molecule has 0 saturated heterocycles. The highest BCUT2D eigenvalue weighted by Crippen LogP contribution is 2.09. The van der Waals surface area contributed by atoms with Crippen LogP contribution in [-0.4, -0.2) is 24.3 Å². The molecule has 16 heavy (non-hydrogen) atoms. The average Bonchev–Trinajstić information content (AvgIpc) is 2.18. The van der Waals surface area contributed by atoms with E-state index in [9.17, 15) is 14.4 Å². The number of benzene rings is 1. The number of carbonyl (C=O) groups excluding carboxylic acids is 3. The van der Waals surface area contributed by atoms with Gasteiger partial charge in [0.2, 0.25) is 0 Å². The topological polar surface area (TPSA) is 51.2 Å². The van der Waals surface area contributed by atoms with Crippen LogP contribution < -0.4 is 5.19 Å². The summed E-state index contributed by atoms with van der Waals surface area (Å²) in [5, 5.41) is -0.293. The third-order valence-electron chi connectivity index (χ3n) is 2.79. The number of hydrogen-bond acceptors (Lipinski definition) is 3. The van der Waals surface area contributed by atoms with Crippen molar-refractivity contribution < 1.29 is 14.4 Å². The highest BCUT2D eigenvalue weighted by atomic mass is 28.3. The maximum absolute atomic E-state index is 11.8. The van der Waals surface area contributed by atoms with E-state index in [0.717, 1.165) is 0 Å². The lowest BCUT2D eigenvalue weighted by Gasteiger charge is -2.22. The minimum Gasteiger partial charge on any atom is -0.304 e. The van der Waals surface area contributed by atoms with Gasteiger partial charge < -0.3 is 14.4 Å². The molecule has 1 aromatic rings. The lowest BCUT2D eigenvalue weighted by molar-refractivity contribution is -0.117. The molecule has 0 unspecified atom stereocenters. The van der Waals surface area contributed by atoms with Crippen LogP contribution in [0, 0.1) is 0 Å². The van der Waals surface area contributed by atoms with Gasteiger partial charge in [-0.05, 0) is 26.0 Å². The van der Waals surface area contributed by atoms with Crippen molar-refractivity contribution in [3.8, 4) is 0 Å². The Morgan fingerprint density at radius 1 is 0.812 bits per heavy atom. The molecule has 4 heteroatoms. The minimum absolute atomic E-state index is 0.293. The number of hydrogen-bond donors (Lipinski definition) is 0. The smallest absolute Gasteiger partial charge is 0.304 e. The maximum Gasteiger partial charge on any atom is 0.306 e. The van der Waals surface area contributed by atoms with Crippen LogP contribution >= 0.6 is 0 Å². The normalized spacial score (nSPS) is 10.9. The second-order valence-electron chi connectivity index (χ2n) is 3.78. The fraction of sp³-hybridized carbons (Fsp3) is 0.250. The van der Waals surface area contributed by atoms with Gasteiger partial charge in [-0.25, -0.2) is 0 Å². The van der Waals surface area contributed by atoms with Gasteiger partial charge in [-0.15, -0.1) is 0 Å². The Balaban J connectivity index is 3.52. The fourth-order valence-corrected chi connectivity index (χ4v) is 5.44. The summed E-state index contributed by atoms with van der Waals surface area (Å²) in [6.07, 6.45) is 0. The van der Waals surface area contributed by atoms with Crippen LogP contribution in [0.25, 0.3) is 0 Å². The Morgan fingerprint density at radius 3 is 1.50 bits per heavy atom. The van der Waals surface area contributed by atoms with Crippen LogP contribution in [0.4, 0.5) is 0 Å². The molecule has 0 aliphatic carbocycles. The molecule has 0 N–H and O–H groups in total. The average molecular weight is 234 g/mol. The van der Waals surface area contributed by atoms with E-state index in [-0.39, 0.29) is 16.2 Å². The first-order valence-corrected chi connectivity index (χ1v) is 7.02. The Morgan fingerprint density at radius 2 is 1.19 bits per heavy atom. The van der Waals surface area contributed by atoms with Crippen molar-refractivity contribution >= 4 is 29.5 Å². The molecule has 0 bridgehead atoms. The lowest BCUT2D eigenvalue weighted by Crippen LogP contribution is -2.66. The molecule has 0 heterocycles. The van der Waals surface area contributed by atoms with E-state index in [1.54, 1.807) is 30.3 Å². The standard InChI is InChI=1S/C12H14O3Si/c1-9(13)16(10(2)14,11(3)15)12-7-5-4-6-8-12/h4-8H,1-3H3. The summed E-state index contributed by atoms with van der Waals surface area (Å²) in [7, 11) is -3.32. The van der Waals surface area contributed by atoms with Gasteiger partial charge in [-0.3, -0.25) is 0 Å². The molecular formula is C12H14O3Si. The molecule has 0 atom stereocenters. The SMILES string of the molecule is CC(=O)[Si](C(C)=O)(C(C)=O)c1ccccc1. The Hall–Kier alpha value is -1.55. The largest absolute Gasteiger partial charge is 0.306 e. The monoisotopic (exact) mass is 234 g/mol. The van der Waals surface area contributed by atoms with Crippen molar-refractivity contribution in [2.24, 2.45) is 0 Å². The first kappa shape index (κ1) is 12.5. The number of rotatable bonds is 4. The van der Waals surface area contributed by atoms with Crippen molar-refractivity contribution in [3.05, 3.63) is 30.3 Å². The Kier molecular flexibility index (Phi) is 3.54. The van der Waals surface area contributed by atoms with Gasteiger partial charge in [0.15, 0.2) is 0 Å². The van der Waals surface area contributed by atoms with Gasteiger partial charge >= 0.3 is 8.07 Å². The van der Waals surface area contributed by atoms with E-state index in [1.807, 2.05) is 0 Å². The number of carbonyl (C=O) groups is 3. The van der Waals surface area contributed by atoms with Crippen LogP contribution in [0.2, 0.25) is 0 Å². The summed E-state index contributed by atoms with van der Waals surface area (Å²) < 4.78 is 0. The molecule has 0 fully saturated rings. The summed E-state index contributed by atoms with van der Waals surface area (Å²) in [6.45, 7) is 4.01. The van der Waals surface area contributed by atoms with E-state index in [2.05, 4.69) is 0 Å².